The van der Waals surface area contributed by atoms with E-state index in [1.807, 2.05) is 9.80 Å². The summed E-state index contributed by atoms with van der Waals surface area (Å²) in [5, 5.41) is 3.34. The van der Waals surface area contributed by atoms with E-state index < -0.39 is 0 Å². The molecular formula is C18H29N3O2. The fourth-order valence-corrected chi connectivity index (χ4v) is 4.20. The third-order valence-electron chi connectivity index (χ3n) is 5.99. The molecule has 1 atom stereocenters. The molecule has 3 amide bonds. The molecule has 23 heavy (non-hydrogen) atoms. The summed E-state index contributed by atoms with van der Waals surface area (Å²) in [5.74, 6) is 1.62. The third-order valence-corrected chi connectivity index (χ3v) is 5.99. The number of urea groups is 1. The molecule has 3 saturated carbocycles. The maximum atomic E-state index is 12.8. The van der Waals surface area contributed by atoms with Crippen molar-refractivity contribution >= 4 is 11.9 Å². The average Bonchev–Trinajstić information content (AvgIpc) is 3.35. The molecule has 3 aliphatic carbocycles. The average molecular weight is 319 g/mol. The van der Waals surface area contributed by atoms with Gasteiger partial charge in [0, 0.05) is 32.1 Å². The van der Waals surface area contributed by atoms with Crippen LogP contribution in [-0.2, 0) is 4.79 Å². The summed E-state index contributed by atoms with van der Waals surface area (Å²) in [6.07, 6.45) is 9.48. The highest BCUT2D eigenvalue weighted by molar-refractivity contribution is 5.76. The van der Waals surface area contributed by atoms with Crippen molar-refractivity contribution < 1.29 is 9.59 Å². The predicted octanol–water partition coefficient (Wildman–Crippen LogP) is 2.36. The van der Waals surface area contributed by atoms with Crippen molar-refractivity contribution in [1.82, 2.24) is 15.1 Å². The van der Waals surface area contributed by atoms with Crippen LogP contribution < -0.4 is 5.32 Å². The molecule has 1 N–H and O–H groups in total. The number of hydrogen-bond acceptors (Lipinski definition) is 2. The SMILES string of the molecule is CC(=O)N(C[C@@H]1CCCN1C(=O)NC(C1CC1)C1CC1)C1CC1. The molecule has 0 aromatic carbocycles. The number of likely N-dealkylation sites (tertiary alicyclic amines) is 1. The van der Waals surface area contributed by atoms with Crippen LogP contribution >= 0.6 is 0 Å². The maximum absolute atomic E-state index is 12.8. The Kier molecular flexibility index (Phi) is 3.98. The highest BCUT2D eigenvalue weighted by Gasteiger charge is 2.44. The molecule has 4 aliphatic rings. The van der Waals surface area contributed by atoms with E-state index in [1.54, 1.807) is 6.92 Å². The molecule has 1 saturated heterocycles. The van der Waals surface area contributed by atoms with Crippen molar-refractivity contribution in [3.63, 3.8) is 0 Å². The van der Waals surface area contributed by atoms with Crippen LogP contribution in [0.2, 0.25) is 0 Å². The molecule has 128 valence electrons. The maximum Gasteiger partial charge on any atom is 0.317 e. The molecule has 0 aromatic heterocycles. The lowest BCUT2D eigenvalue weighted by atomic mass is 10.1. The summed E-state index contributed by atoms with van der Waals surface area (Å²) < 4.78 is 0. The molecule has 0 radical (unpaired) electrons. The van der Waals surface area contributed by atoms with Crippen LogP contribution in [0.5, 0.6) is 0 Å². The predicted molar refractivity (Wildman–Crippen MR) is 87.9 cm³/mol. The molecule has 1 heterocycles. The number of amides is 3. The number of nitrogens with zero attached hydrogens (tertiary/aromatic N) is 2. The zero-order valence-corrected chi connectivity index (χ0v) is 14.2. The Morgan fingerprint density at radius 3 is 2.26 bits per heavy atom. The Balaban J connectivity index is 1.36. The molecule has 0 spiro atoms. The highest BCUT2D eigenvalue weighted by Crippen LogP contribution is 2.44. The van der Waals surface area contributed by atoms with Crippen LogP contribution in [0, 0.1) is 11.8 Å². The van der Waals surface area contributed by atoms with Gasteiger partial charge < -0.3 is 15.1 Å². The van der Waals surface area contributed by atoms with E-state index in [-0.39, 0.29) is 18.0 Å². The minimum atomic E-state index is 0.121. The van der Waals surface area contributed by atoms with Gasteiger partial charge >= 0.3 is 6.03 Å². The first-order valence-corrected chi connectivity index (χ1v) is 9.48. The molecule has 4 fully saturated rings. The van der Waals surface area contributed by atoms with Crippen molar-refractivity contribution in [2.45, 2.75) is 76.4 Å². The monoisotopic (exact) mass is 319 g/mol. The standard InChI is InChI=1S/C18H29N3O2/c1-12(22)21(15-8-9-15)11-16-3-2-10-20(16)18(23)19-17(13-4-5-13)14-6-7-14/h13-17H,2-11H2,1H3,(H,19,23)/t16-/m0/s1. The normalized spacial score (nSPS) is 27.4. The number of carbonyl (C=O) groups excluding carboxylic acids is 2. The quantitative estimate of drug-likeness (QED) is 0.817. The van der Waals surface area contributed by atoms with Crippen molar-refractivity contribution in [2.75, 3.05) is 13.1 Å². The highest BCUT2D eigenvalue weighted by atomic mass is 16.2. The lowest BCUT2D eigenvalue weighted by molar-refractivity contribution is -0.130. The van der Waals surface area contributed by atoms with Gasteiger partial charge in [0.15, 0.2) is 0 Å². The van der Waals surface area contributed by atoms with Gasteiger partial charge in [-0.1, -0.05) is 0 Å². The number of carbonyl (C=O) groups is 2. The first-order chi connectivity index (χ1) is 11.1. The summed E-state index contributed by atoms with van der Waals surface area (Å²) in [6, 6.07) is 1.17. The summed E-state index contributed by atoms with van der Waals surface area (Å²) in [6.45, 7) is 3.23. The Morgan fingerprint density at radius 2 is 1.74 bits per heavy atom. The van der Waals surface area contributed by atoms with Gasteiger partial charge in [-0.05, 0) is 63.2 Å². The van der Waals surface area contributed by atoms with E-state index in [9.17, 15) is 9.59 Å². The largest absolute Gasteiger partial charge is 0.338 e. The van der Waals surface area contributed by atoms with Crippen LogP contribution in [-0.4, -0.2) is 53.0 Å². The first kappa shape index (κ1) is 15.3. The summed E-state index contributed by atoms with van der Waals surface area (Å²) >= 11 is 0. The Bertz CT molecular complexity index is 471. The van der Waals surface area contributed by atoms with Crippen LogP contribution in [0.15, 0.2) is 0 Å². The van der Waals surface area contributed by atoms with Crippen molar-refractivity contribution in [3.05, 3.63) is 0 Å². The molecular weight excluding hydrogens is 290 g/mol. The van der Waals surface area contributed by atoms with E-state index in [0.29, 0.717) is 12.1 Å². The number of nitrogens with one attached hydrogen (secondary N) is 1. The third kappa shape index (κ3) is 3.48. The molecule has 5 heteroatoms. The van der Waals surface area contributed by atoms with Gasteiger partial charge in [0.1, 0.15) is 0 Å². The molecule has 1 aliphatic heterocycles. The summed E-state index contributed by atoms with van der Waals surface area (Å²) in [4.78, 5) is 28.7. The van der Waals surface area contributed by atoms with Crippen molar-refractivity contribution in [3.8, 4) is 0 Å². The summed E-state index contributed by atoms with van der Waals surface area (Å²) in [7, 11) is 0. The van der Waals surface area contributed by atoms with Gasteiger partial charge in [0.05, 0.1) is 6.04 Å². The number of hydrogen-bond donors (Lipinski definition) is 1. The van der Waals surface area contributed by atoms with Crippen LogP contribution in [0.1, 0.15) is 58.3 Å². The van der Waals surface area contributed by atoms with Crippen molar-refractivity contribution in [1.29, 1.82) is 0 Å². The van der Waals surface area contributed by atoms with E-state index in [2.05, 4.69) is 5.32 Å². The van der Waals surface area contributed by atoms with Crippen LogP contribution in [0.25, 0.3) is 0 Å². The molecule has 0 aromatic rings. The Morgan fingerprint density at radius 1 is 1.09 bits per heavy atom. The first-order valence-electron chi connectivity index (χ1n) is 9.48. The number of rotatable bonds is 6. The van der Waals surface area contributed by atoms with Crippen molar-refractivity contribution in [2.24, 2.45) is 11.8 Å². The molecule has 0 bridgehead atoms. The summed E-state index contributed by atoms with van der Waals surface area (Å²) in [5.41, 5.74) is 0. The fraction of sp³-hybridized carbons (Fsp3) is 0.889. The van der Waals surface area contributed by atoms with Crippen LogP contribution in [0.3, 0.4) is 0 Å². The van der Waals surface area contributed by atoms with E-state index in [1.165, 1.54) is 25.7 Å². The van der Waals surface area contributed by atoms with E-state index in [0.717, 1.165) is 50.6 Å². The second-order valence-corrected chi connectivity index (χ2v) is 8.04. The van der Waals surface area contributed by atoms with Gasteiger partial charge in [0.25, 0.3) is 0 Å². The topological polar surface area (TPSA) is 52.7 Å². The van der Waals surface area contributed by atoms with Gasteiger partial charge in [-0.2, -0.15) is 0 Å². The second kappa shape index (κ2) is 5.99. The smallest absolute Gasteiger partial charge is 0.317 e. The Labute approximate surface area is 138 Å². The lowest BCUT2D eigenvalue weighted by Crippen LogP contribution is -2.51. The zero-order valence-electron chi connectivity index (χ0n) is 14.2. The fourth-order valence-electron chi connectivity index (χ4n) is 4.20. The molecule has 0 unspecified atom stereocenters. The Hall–Kier alpha value is -1.26. The second-order valence-electron chi connectivity index (χ2n) is 8.04. The van der Waals surface area contributed by atoms with E-state index >= 15 is 0 Å². The lowest BCUT2D eigenvalue weighted by Gasteiger charge is -2.32. The minimum Gasteiger partial charge on any atom is -0.338 e. The van der Waals surface area contributed by atoms with Gasteiger partial charge in [0.2, 0.25) is 5.91 Å². The van der Waals surface area contributed by atoms with Gasteiger partial charge in [-0.3, -0.25) is 4.79 Å². The van der Waals surface area contributed by atoms with Gasteiger partial charge in [-0.25, -0.2) is 4.79 Å². The van der Waals surface area contributed by atoms with E-state index in [4.69, 9.17) is 0 Å². The molecule has 5 nitrogen and oxygen atoms in total. The molecule has 4 rings (SSSR count). The van der Waals surface area contributed by atoms with Crippen LogP contribution in [0.4, 0.5) is 4.79 Å². The minimum absolute atomic E-state index is 0.121. The zero-order chi connectivity index (χ0) is 16.0. The van der Waals surface area contributed by atoms with Gasteiger partial charge in [-0.15, -0.1) is 0 Å².